The molecule has 28 heavy (non-hydrogen) atoms. The van der Waals surface area contributed by atoms with Crippen LogP contribution < -0.4 is 10.1 Å². The third kappa shape index (κ3) is 4.73. The summed E-state index contributed by atoms with van der Waals surface area (Å²) in [6.07, 6.45) is 0. The van der Waals surface area contributed by atoms with Crippen LogP contribution in [0.3, 0.4) is 0 Å². The summed E-state index contributed by atoms with van der Waals surface area (Å²) < 4.78 is 30.7. The first-order valence-electron chi connectivity index (χ1n) is 8.10. The second kappa shape index (κ2) is 8.49. The van der Waals surface area contributed by atoms with Gasteiger partial charge in [-0.25, -0.2) is 0 Å². The number of hydrogen-bond donors (Lipinski definition) is 2. The number of alkyl halides is 2. The molecule has 1 amide bonds. The predicted octanol–water partition coefficient (Wildman–Crippen LogP) is 4.81. The number of aryl methyl sites for hydroxylation is 1. The summed E-state index contributed by atoms with van der Waals surface area (Å²) in [5.41, 5.74) is 2.24. The maximum absolute atomic E-state index is 12.4. The Hall–Kier alpha value is -2.78. The number of hydrogen-bond acceptors (Lipinski definition) is 4. The highest BCUT2D eigenvalue weighted by molar-refractivity contribution is 7.71. The Bertz CT molecular complexity index is 1050. The van der Waals surface area contributed by atoms with E-state index < -0.39 is 6.61 Å². The van der Waals surface area contributed by atoms with Crippen LogP contribution >= 0.6 is 23.8 Å². The Morgan fingerprint density at radius 1 is 1.32 bits per heavy atom. The van der Waals surface area contributed by atoms with Gasteiger partial charge in [0.15, 0.2) is 10.6 Å². The van der Waals surface area contributed by atoms with E-state index in [0.29, 0.717) is 16.3 Å². The third-order valence-corrected chi connectivity index (χ3v) is 4.41. The molecule has 0 saturated heterocycles. The van der Waals surface area contributed by atoms with Gasteiger partial charge in [0.25, 0.3) is 0 Å². The summed E-state index contributed by atoms with van der Waals surface area (Å²) in [6.45, 7) is -1.11. The van der Waals surface area contributed by atoms with Crippen molar-refractivity contribution in [1.82, 2.24) is 14.8 Å². The average molecular weight is 425 g/mol. The average Bonchev–Trinajstić information content (AvgIpc) is 2.98. The molecule has 0 radical (unpaired) electrons. The zero-order valence-electron chi connectivity index (χ0n) is 14.6. The number of anilines is 1. The first kappa shape index (κ1) is 20.0. The number of aromatic amines is 1. The number of nitrogens with zero attached hydrogens (tertiary/aromatic N) is 2. The van der Waals surface area contributed by atoms with Crippen LogP contribution in [0.1, 0.15) is 5.56 Å². The van der Waals surface area contributed by atoms with E-state index in [1.807, 2.05) is 31.2 Å². The number of amides is 1. The number of ether oxygens (including phenoxy) is 1. The highest BCUT2D eigenvalue weighted by Crippen LogP contribution is 2.29. The van der Waals surface area contributed by atoms with E-state index in [0.717, 1.165) is 11.1 Å². The molecule has 0 bridgehead atoms. The van der Waals surface area contributed by atoms with Crippen molar-refractivity contribution in [2.24, 2.45) is 0 Å². The van der Waals surface area contributed by atoms with Crippen molar-refractivity contribution in [3.63, 3.8) is 0 Å². The molecule has 3 aromatic rings. The van der Waals surface area contributed by atoms with Gasteiger partial charge in [-0.15, -0.1) is 0 Å². The van der Waals surface area contributed by atoms with Crippen molar-refractivity contribution in [3.8, 4) is 17.1 Å². The Labute approximate surface area is 169 Å². The first-order chi connectivity index (χ1) is 13.3. The van der Waals surface area contributed by atoms with Crippen LogP contribution in [0, 0.1) is 11.7 Å². The number of halogens is 3. The van der Waals surface area contributed by atoms with Crippen LogP contribution in [0.25, 0.3) is 11.4 Å². The van der Waals surface area contributed by atoms with E-state index in [2.05, 4.69) is 20.3 Å². The molecule has 3 rings (SSSR count). The lowest BCUT2D eigenvalue weighted by atomic mass is 10.1. The molecule has 0 spiro atoms. The fraction of sp³-hybridized carbons (Fsp3) is 0.167. The third-order valence-electron chi connectivity index (χ3n) is 3.80. The Morgan fingerprint density at radius 3 is 2.68 bits per heavy atom. The van der Waals surface area contributed by atoms with E-state index in [9.17, 15) is 13.6 Å². The van der Waals surface area contributed by atoms with Crippen molar-refractivity contribution < 1.29 is 18.3 Å². The minimum absolute atomic E-state index is 0.0432. The quantitative estimate of drug-likeness (QED) is 0.557. The number of carbonyl (C=O) groups excluding carboxylic acids is 1. The summed E-state index contributed by atoms with van der Waals surface area (Å²) in [4.78, 5) is 12.4. The second-order valence-corrected chi connectivity index (χ2v) is 6.67. The molecule has 2 N–H and O–H groups in total. The summed E-state index contributed by atoms with van der Waals surface area (Å²) in [5, 5.41) is 9.47. The van der Waals surface area contributed by atoms with Gasteiger partial charge in [-0.1, -0.05) is 41.4 Å². The SMILES string of the molecule is Cc1ccc(-c2n[nH]c(=S)n2CC(=O)Nc2ccc(OC(F)F)c(Cl)c2)cc1. The fourth-order valence-electron chi connectivity index (χ4n) is 2.50. The number of carbonyl (C=O) groups is 1. The molecule has 0 fully saturated rings. The molecule has 0 unspecified atom stereocenters. The Balaban J connectivity index is 1.75. The molecule has 0 aliphatic carbocycles. The van der Waals surface area contributed by atoms with E-state index >= 15 is 0 Å². The monoisotopic (exact) mass is 424 g/mol. The molecule has 0 aliphatic rings. The van der Waals surface area contributed by atoms with Crippen LogP contribution in [-0.4, -0.2) is 27.3 Å². The highest BCUT2D eigenvalue weighted by Gasteiger charge is 2.14. The Morgan fingerprint density at radius 2 is 2.04 bits per heavy atom. The molecule has 146 valence electrons. The van der Waals surface area contributed by atoms with Crippen LogP contribution in [0.2, 0.25) is 5.02 Å². The van der Waals surface area contributed by atoms with E-state index in [4.69, 9.17) is 23.8 Å². The van der Waals surface area contributed by atoms with Gasteiger partial charge in [0, 0.05) is 11.3 Å². The van der Waals surface area contributed by atoms with Gasteiger partial charge >= 0.3 is 6.61 Å². The summed E-state index contributed by atoms with van der Waals surface area (Å²) in [7, 11) is 0. The van der Waals surface area contributed by atoms with Gasteiger partial charge in [0.05, 0.1) is 5.02 Å². The topological polar surface area (TPSA) is 71.9 Å². The standard InChI is InChI=1S/C18H15ClF2N4O2S/c1-10-2-4-11(5-3-10)16-23-24-18(28)25(16)9-15(26)22-12-6-7-14(13(19)8-12)27-17(20)21/h2-8,17H,9H2,1H3,(H,22,26)(H,24,28). The minimum Gasteiger partial charge on any atom is -0.433 e. The second-order valence-electron chi connectivity index (χ2n) is 5.88. The maximum Gasteiger partial charge on any atom is 0.387 e. The molecule has 10 heteroatoms. The van der Waals surface area contributed by atoms with Gasteiger partial charge in [0.1, 0.15) is 12.3 Å². The van der Waals surface area contributed by atoms with Crippen molar-refractivity contribution >= 4 is 35.4 Å². The van der Waals surface area contributed by atoms with Gasteiger partial charge in [-0.05, 0) is 37.3 Å². The molecule has 6 nitrogen and oxygen atoms in total. The number of rotatable bonds is 6. The molecular formula is C18H15ClF2N4O2S. The lowest BCUT2D eigenvalue weighted by molar-refractivity contribution is -0.116. The largest absolute Gasteiger partial charge is 0.433 e. The van der Waals surface area contributed by atoms with Gasteiger partial charge in [0.2, 0.25) is 5.91 Å². The van der Waals surface area contributed by atoms with Crippen LogP contribution in [-0.2, 0) is 11.3 Å². The lowest BCUT2D eigenvalue weighted by Gasteiger charge is -2.11. The van der Waals surface area contributed by atoms with Gasteiger partial charge in [-0.2, -0.15) is 13.9 Å². The van der Waals surface area contributed by atoms with Crippen molar-refractivity contribution in [2.45, 2.75) is 20.1 Å². The molecule has 1 heterocycles. The maximum atomic E-state index is 12.4. The summed E-state index contributed by atoms with van der Waals surface area (Å²) in [6, 6.07) is 11.6. The molecule has 1 aromatic heterocycles. The lowest BCUT2D eigenvalue weighted by Crippen LogP contribution is -2.19. The number of nitrogens with one attached hydrogen (secondary N) is 2. The van der Waals surface area contributed by atoms with E-state index in [1.54, 1.807) is 4.57 Å². The summed E-state index contributed by atoms with van der Waals surface area (Å²) in [5.74, 6) is -0.0308. The van der Waals surface area contributed by atoms with E-state index in [-0.39, 0.29) is 23.2 Å². The predicted molar refractivity (Wildman–Crippen MR) is 104 cm³/mol. The zero-order valence-corrected chi connectivity index (χ0v) is 16.2. The van der Waals surface area contributed by atoms with Crippen molar-refractivity contribution in [2.75, 3.05) is 5.32 Å². The minimum atomic E-state index is -2.99. The van der Waals surface area contributed by atoms with Crippen LogP contribution in [0.5, 0.6) is 5.75 Å². The number of benzene rings is 2. The first-order valence-corrected chi connectivity index (χ1v) is 8.88. The molecule has 2 aromatic carbocycles. The number of H-pyrrole nitrogens is 1. The molecular weight excluding hydrogens is 410 g/mol. The molecule has 0 atom stereocenters. The van der Waals surface area contributed by atoms with Crippen LogP contribution in [0.4, 0.5) is 14.5 Å². The normalized spacial score (nSPS) is 10.9. The molecule has 0 saturated carbocycles. The summed E-state index contributed by atoms with van der Waals surface area (Å²) >= 11 is 11.1. The fourth-order valence-corrected chi connectivity index (χ4v) is 2.92. The van der Waals surface area contributed by atoms with E-state index in [1.165, 1.54) is 18.2 Å². The van der Waals surface area contributed by atoms with Crippen molar-refractivity contribution in [1.29, 1.82) is 0 Å². The Kier molecular flexibility index (Phi) is 6.05. The van der Waals surface area contributed by atoms with Gasteiger partial charge < -0.3 is 10.1 Å². The smallest absolute Gasteiger partial charge is 0.387 e. The van der Waals surface area contributed by atoms with Crippen molar-refractivity contribution in [3.05, 3.63) is 57.8 Å². The highest BCUT2D eigenvalue weighted by atomic mass is 35.5. The number of aromatic nitrogens is 3. The van der Waals surface area contributed by atoms with Crippen LogP contribution in [0.15, 0.2) is 42.5 Å². The van der Waals surface area contributed by atoms with Gasteiger partial charge in [-0.3, -0.25) is 14.5 Å². The molecule has 0 aliphatic heterocycles. The zero-order chi connectivity index (χ0) is 20.3.